The molecule has 1 amide bonds. The highest BCUT2D eigenvalue weighted by atomic mass is 16.1. The Bertz CT molecular complexity index is 709. The quantitative estimate of drug-likeness (QED) is 0.591. The fourth-order valence-corrected chi connectivity index (χ4v) is 2.31. The molecule has 0 fully saturated rings. The first-order valence-electron chi connectivity index (χ1n) is 6.63. The lowest BCUT2D eigenvalue weighted by Crippen LogP contribution is -2.25. The minimum Gasteiger partial charge on any atom is -0.397 e. The number of hydrazine groups is 1. The van der Waals surface area contributed by atoms with Crippen LogP contribution < -0.4 is 21.9 Å². The molecule has 3 rings (SSSR count). The molecule has 0 aromatic heterocycles. The van der Waals surface area contributed by atoms with Crippen LogP contribution in [0.2, 0.25) is 0 Å². The fraction of sp³-hybridized carbons (Fsp3) is 0.0625. The van der Waals surface area contributed by atoms with Gasteiger partial charge in [0.2, 0.25) is 5.91 Å². The maximum Gasteiger partial charge on any atom is 0.228 e. The Balaban J connectivity index is 1.85. The van der Waals surface area contributed by atoms with Gasteiger partial charge in [-0.3, -0.25) is 9.80 Å². The molecule has 5 N–H and O–H groups in total. The minimum atomic E-state index is 0.00469. The van der Waals surface area contributed by atoms with E-state index in [-0.39, 0.29) is 5.91 Å². The zero-order valence-electron chi connectivity index (χ0n) is 11.4. The molecule has 1 aliphatic rings. The molecule has 106 valence electrons. The summed E-state index contributed by atoms with van der Waals surface area (Å²) in [6.45, 7) is 0. The van der Waals surface area contributed by atoms with E-state index in [9.17, 15) is 4.79 Å². The predicted octanol–water partition coefficient (Wildman–Crippen LogP) is 1.82. The van der Waals surface area contributed by atoms with Gasteiger partial charge in [0.25, 0.3) is 0 Å². The first kappa shape index (κ1) is 13.2. The van der Waals surface area contributed by atoms with Crippen LogP contribution in [0.15, 0.2) is 54.7 Å². The number of fused-ring (bicyclic) bond motifs is 1. The Labute approximate surface area is 122 Å². The van der Waals surface area contributed by atoms with Crippen molar-refractivity contribution in [1.82, 2.24) is 0 Å². The lowest BCUT2D eigenvalue weighted by atomic mass is 10.1. The van der Waals surface area contributed by atoms with E-state index >= 15 is 0 Å². The number of nitrogens with two attached hydrogens (primary N) is 2. The molecule has 0 aliphatic carbocycles. The molecule has 0 saturated carbocycles. The molecule has 2 aromatic rings. The van der Waals surface area contributed by atoms with Gasteiger partial charge in [-0.25, -0.2) is 5.84 Å². The summed E-state index contributed by atoms with van der Waals surface area (Å²) in [5, 5.41) is 4.26. The molecule has 0 unspecified atom stereocenters. The molecule has 0 atom stereocenters. The van der Waals surface area contributed by atoms with Crippen LogP contribution in [-0.4, -0.2) is 5.91 Å². The van der Waals surface area contributed by atoms with Gasteiger partial charge in [-0.05, 0) is 29.3 Å². The molecule has 2 aromatic carbocycles. The number of carbonyl (C=O) groups is 1. The molecular weight excluding hydrogens is 264 g/mol. The summed E-state index contributed by atoms with van der Waals surface area (Å²) < 4.78 is 0. The van der Waals surface area contributed by atoms with E-state index in [2.05, 4.69) is 5.32 Å². The molecular formula is C16H16N4O. The van der Waals surface area contributed by atoms with E-state index < -0.39 is 0 Å². The molecule has 0 radical (unpaired) electrons. The van der Waals surface area contributed by atoms with Crippen molar-refractivity contribution in [3.8, 4) is 0 Å². The van der Waals surface area contributed by atoms with Gasteiger partial charge in [0, 0.05) is 11.9 Å². The van der Waals surface area contributed by atoms with Crippen molar-refractivity contribution < 1.29 is 4.79 Å². The highest BCUT2D eigenvalue weighted by Crippen LogP contribution is 2.27. The zero-order chi connectivity index (χ0) is 14.8. The average molecular weight is 280 g/mol. The molecule has 0 saturated heterocycles. The number of hydrogen-bond donors (Lipinski definition) is 3. The van der Waals surface area contributed by atoms with Crippen LogP contribution in [-0.2, 0) is 11.2 Å². The summed E-state index contributed by atoms with van der Waals surface area (Å²) in [5.41, 5.74) is 10.1. The first-order valence-corrected chi connectivity index (χ1v) is 6.63. The SMILES string of the molecule is N/C(=C\N(N)c1ccc2c(c1)CC(=O)N2)c1ccccc1. The van der Waals surface area contributed by atoms with Crippen molar-refractivity contribution in [3.63, 3.8) is 0 Å². The molecule has 5 nitrogen and oxygen atoms in total. The Morgan fingerprint density at radius 1 is 1.19 bits per heavy atom. The number of nitrogens with one attached hydrogen (secondary N) is 1. The Kier molecular flexibility index (Phi) is 3.33. The maximum absolute atomic E-state index is 11.4. The standard InChI is InChI=1S/C16H16N4O/c17-14(11-4-2-1-3-5-11)10-20(18)13-6-7-15-12(8-13)9-16(21)19-15/h1-8,10H,9,17-18H2,(H,19,21)/b14-10-. The van der Waals surface area contributed by atoms with Gasteiger partial charge < -0.3 is 11.1 Å². The van der Waals surface area contributed by atoms with Gasteiger partial charge in [0.05, 0.1) is 17.8 Å². The van der Waals surface area contributed by atoms with Crippen LogP contribution >= 0.6 is 0 Å². The second kappa shape index (κ2) is 5.30. The van der Waals surface area contributed by atoms with Crippen molar-refractivity contribution >= 4 is 23.0 Å². The number of carbonyl (C=O) groups excluding carboxylic acids is 1. The average Bonchev–Trinajstić information content (AvgIpc) is 2.87. The van der Waals surface area contributed by atoms with Crippen LogP contribution in [0.3, 0.4) is 0 Å². The summed E-state index contributed by atoms with van der Waals surface area (Å²) in [7, 11) is 0. The summed E-state index contributed by atoms with van der Waals surface area (Å²) in [6.07, 6.45) is 2.05. The molecule has 1 heterocycles. The summed E-state index contributed by atoms with van der Waals surface area (Å²) >= 11 is 0. The van der Waals surface area contributed by atoms with Gasteiger partial charge in [-0.2, -0.15) is 0 Å². The van der Waals surface area contributed by atoms with Gasteiger partial charge in [-0.1, -0.05) is 30.3 Å². The zero-order valence-corrected chi connectivity index (χ0v) is 11.4. The van der Waals surface area contributed by atoms with Gasteiger partial charge in [0.1, 0.15) is 0 Å². The van der Waals surface area contributed by atoms with E-state index in [0.29, 0.717) is 12.1 Å². The van der Waals surface area contributed by atoms with Crippen LogP contribution in [0, 0.1) is 0 Å². The van der Waals surface area contributed by atoms with E-state index in [1.165, 1.54) is 5.01 Å². The van der Waals surface area contributed by atoms with Gasteiger partial charge in [0.15, 0.2) is 0 Å². The molecule has 0 spiro atoms. The first-order chi connectivity index (χ1) is 10.1. The summed E-state index contributed by atoms with van der Waals surface area (Å²) in [5.74, 6) is 6.04. The van der Waals surface area contributed by atoms with Gasteiger partial charge >= 0.3 is 0 Å². The lowest BCUT2D eigenvalue weighted by Gasteiger charge is -2.16. The van der Waals surface area contributed by atoms with Crippen LogP contribution in [0.1, 0.15) is 11.1 Å². The van der Waals surface area contributed by atoms with Crippen LogP contribution in [0.25, 0.3) is 5.70 Å². The number of rotatable bonds is 3. The Morgan fingerprint density at radius 3 is 2.71 bits per heavy atom. The minimum absolute atomic E-state index is 0.00469. The highest BCUT2D eigenvalue weighted by Gasteiger charge is 2.18. The fourth-order valence-electron chi connectivity index (χ4n) is 2.31. The molecule has 5 heteroatoms. The van der Waals surface area contributed by atoms with Crippen molar-refractivity contribution in [2.75, 3.05) is 10.3 Å². The number of benzene rings is 2. The van der Waals surface area contributed by atoms with Gasteiger partial charge in [-0.15, -0.1) is 0 Å². The van der Waals surface area contributed by atoms with E-state index in [1.54, 1.807) is 6.20 Å². The maximum atomic E-state index is 11.4. The van der Waals surface area contributed by atoms with E-state index in [4.69, 9.17) is 11.6 Å². The Hall–Kier alpha value is -2.79. The normalized spacial score (nSPS) is 13.8. The van der Waals surface area contributed by atoms with Crippen molar-refractivity contribution in [2.45, 2.75) is 6.42 Å². The van der Waals surface area contributed by atoms with Crippen molar-refractivity contribution in [1.29, 1.82) is 0 Å². The van der Waals surface area contributed by atoms with Crippen LogP contribution in [0.4, 0.5) is 11.4 Å². The van der Waals surface area contributed by atoms with Crippen LogP contribution in [0.5, 0.6) is 0 Å². The lowest BCUT2D eigenvalue weighted by molar-refractivity contribution is -0.115. The monoisotopic (exact) mass is 280 g/mol. The second-order valence-corrected chi connectivity index (χ2v) is 4.92. The summed E-state index contributed by atoms with van der Waals surface area (Å²) in [6, 6.07) is 15.2. The molecule has 21 heavy (non-hydrogen) atoms. The largest absolute Gasteiger partial charge is 0.397 e. The predicted molar refractivity (Wildman–Crippen MR) is 84.0 cm³/mol. The van der Waals surface area contributed by atoms with Crippen molar-refractivity contribution in [3.05, 3.63) is 65.9 Å². The summed E-state index contributed by atoms with van der Waals surface area (Å²) in [4.78, 5) is 11.4. The number of nitrogens with zero attached hydrogens (tertiary/aromatic N) is 1. The Morgan fingerprint density at radius 2 is 1.95 bits per heavy atom. The number of hydrogen-bond acceptors (Lipinski definition) is 4. The topological polar surface area (TPSA) is 84.4 Å². The third-order valence-electron chi connectivity index (χ3n) is 3.40. The second-order valence-electron chi connectivity index (χ2n) is 4.92. The van der Waals surface area contributed by atoms with E-state index in [1.807, 2.05) is 48.5 Å². The smallest absolute Gasteiger partial charge is 0.228 e. The highest BCUT2D eigenvalue weighted by molar-refractivity contribution is 5.99. The third-order valence-corrected chi connectivity index (χ3v) is 3.40. The molecule has 1 aliphatic heterocycles. The third kappa shape index (κ3) is 2.73. The molecule has 0 bridgehead atoms. The van der Waals surface area contributed by atoms with E-state index in [0.717, 1.165) is 22.5 Å². The number of amides is 1. The number of anilines is 2. The van der Waals surface area contributed by atoms with Crippen molar-refractivity contribution in [2.24, 2.45) is 11.6 Å².